The Morgan fingerprint density at radius 2 is 0.430 bits per heavy atom. The fraction of sp³-hybridized carbons (Fsp3) is 0.118. The van der Waals surface area contributed by atoms with Gasteiger partial charge in [-0.15, -0.1) is 0 Å². The van der Waals surface area contributed by atoms with Crippen molar-refractivity contribution in [2.24, 2.45) is 0 Å². The first kappa shape index (κ1) is 82.7. The molecule has 0 unspecified atom stereocenters. The molecule has 1 aliphatic carbocycles. The molecule has 0 aliphatic heterocycles. The van der Waals surface area contributed by atoms with E-state index in [1.165, 1.54) is 116 Å². The van der Waals surface area contributed by atoms with Crippen molar-refractivity contribution in [1.29, 1.82) is 0 Å². The number of ether oxygens (including phenoxy) is 4. The highest BCUT2D eigenvalue weighted by molar-refractivity contribution is 7.98. The molecule has 1 fully saturated rings. The Morgan fingerprint density at radius 3 is 0.640 bits per heavy atom. The van der Waals surface area contributed by atoms with Crippen LogP contribution in [0.1, 0.15) is 45.4 Å². The van der Waals surface area contributed by atoms with Gasteiger partial charge in [-0.1, -0.05) is 177 Å². The van der Waals surface area contributed by atoms with Crippen LogP contribution in [0.2, 0.25) is 0 Å². The van der Waals surface area contributed by atoms with Crippen LogP contribution in [-0.2, 0) is 59.2 Å². The molecule has 0 bridgehead atoms. The van der Waals surface area contributed by atoms with E-state index in [0.717, 1.165) is 56.3 Å². The van der Waals surface area contributed by atoms with Crippen LogP contribution in [0.25, 0.3) is 0 Å². The lowest BCUT2D eigenvalue weighted by Gasteiger charge is -2.13. The summed E-state index contributed by atoms with van der Waals surface area (Å²) in [6.07, 6.45) is 7.65. The third kappa shape index (κ3) is 24.9. The highest BCUT2D eigenvalue weighted by atomic mass is 32.2. The molecule has 0 spiro atoms. The van der Waals surface area contributed by atoms with Gasteiger partial charge in [-0.2, -0.15) is 0 Å². The van der Waals surface area contributed by atoms with Gasteiger partial charge in [0.2, 0.25) is 0 Å². The summed E-state index contributed by atoms with van der Waals surface area (Å²) in [7, 11) is 0.846. The molecular weight excluding hydrogens is 1510 g/mol. The molecule has 1 saturated carbocycles. The average Bonchev–Trinajstić information content (AvgIpc) is 0.951. The van der Waals surface area contributed by atoms with Gasteiger partial charge < -0.3 is 18.9 Å². The molecule has 0 N–H and O–H groups in total. The van der Waals surface area contributed by atoms with Crippen LogP contribution < -0.4 is 14.2 Å². The maximum Gasteiger partial charge on any atom is 0.166 e. The van der Waals surface area contributed by atoms with E-state index in [0.29, 0.717) is 19.3 Å². The molecule has 1 aliphatic rings. The zero-order chi connectivity index (χ0) is 78.6. The van der Waals surface area contributed by atoms with Crippen LogP contribution in [0.5, 0.6) is 17.2 Å². The van der Waals surface area contributed by atoms with Crippen molar-refractivity contribution in [2.45, 2.75) is 125 Å². The second-order valence-electron chi connectivity index (χ2n) is 26.2. The summed E-state index contributed by atoms with van der Waals surface area (Å²) in [4.78, 5) is 18.7. The molecule has 16 rings (SSSR count). The number of rotatable bonds is 25. The van der Waals surface area contributed by atoms with E-state index in [1.807, 2.05) is 91.0 Å². The van der Waals surface area contributed by atoms with Crippen molar-refractivity contribution < 1.29 is 32.1 Å². The largest absolute Gasteiger partial charge is 0.494 e. The van der Waals surface area contributed by atoms with Gasteiger partial charge in [-0.3, -0.25) is 0 Å². The van der Waals surface area contributed by atoms with Crippen LogP contribution in [0.3, 0.4) is 0 Å². The SMILES string of the molecule is CCCCOc1ccc([S+](c2ccccc2)c2ccccc2)cc1.COCCOc1ccc([S+](c2ccccc2)c2ccccc2)cc1.Fc1ccc([S+](c2ccccc2)c2ccc(F)cc2)cc1.Fc1ccc([S+](c2ccccc2)c2ccccc2)cc1.c1ccc([S+](c2ccccc2)c2ccc(OC3CCCC3)cc2)cc1. The number of halogens is 3. The molecular formula is C102H94F3O4S5+5. The summed E-state index contributed by atoms with van der Waals surface area (Å²) in [5.41, 5.74) is 0. The minimum Gasteiger partial charge on any atom is -0.494 e. The molecule has 0 atom stereocenters. The summed E-state index contributed by atoms with van der Waals surface area (Å²) >= 11 is 0. The van der Waals surface area contributed by atoms with Crippen molar-refractivity contribution in [3.63, 3.8) is 0 Å². The summed E-state index contributed by atoms with van der Waals surface area (Å²) < 4.78 is 62.1. The lowest BCUT2D eigenvalue weighted by Crippen LogP contribution is -2.11. The lowest BCUT2D eigenvalue weighted by atomic mass is 10.3. The number of unbranched alkanes of at least 4 members (excludes halogenated alkanes) is 1. The average molecular weight is 1600 g/mol. The number of methoxy groups -OCH3 is 1. The van der Waals surface area contributed by atoms with Gasteiger partial charge in [0.25, 0.3) is 0 Å². The second kappa shape index (κ2) is 45.2. The molecule has 4 nitrogen and oxygen atoms in total. The van der Waals surface area contributed by atoms with Crippen molar-refractivity contribution in [1.82, 2.24) is 0 Å². The summed E-state index contributed by atoms with van der Waals surface area (Å²) in [5.74, 6) is 2.13. The van der Waals surface area contributed by atoms with Gasteiger partial charge >= 0.3 is 0 Å². The Balaban J connectivity index is 0.000000132. The quantitative estimate of drug-likeness (QED) is 0.0422. The zero-order valence-corrected chi connectivity index (χ0v) is 68.2. The Kier molecular flexibility index (Phi) is 32.8. The lowest BCUT2D eigenvalue weighted by molar-refractivity contribution is 0.146. The molecule has 0 saturated heterocycles. The van der Waals surface area contributed by atoms with Gasteiger partial charge in [0.15, 0.2) is 73.4 Å². The van der Waals surface area contributed by atoms with E-state index in [2.05, 4.69) is 274 Å². The van der Waals surface area contributed by atoms with E-state index in [9.17, 15) is 13.2 Å². The van der Waals surface area contributed by atoms with Gasteiger partial charge in [-0.05, 0) is 287 Å². The van der Waals surface area contributed by atoms with Crippen molar-refractivity contribution in [2.75, 3.05) is 26.9 Å². The molecule has 0 heterocycles. The van der Waals surface area contributed by atoms with E-state index in [4.69, 9.17) is 18.9 Å². The van der Waals surface area contributed by atoms with E-state index >= 15 is 0 Å². The molecule has 15 aromatic carbocycles. The van der Waals surface area contributed by atoms with Crippen LogP contribution >= 0.6 is 0 Å². The minimum absolute atomic E-state index is 0.0824. The Bertz CT molecular complexity index is 4800. The molecule has 0 amide bonds. The van der Waals surface area contributed by atoms with Crippen molar-refractivity contribution in [3.8, 4) is 17.2 Å². The first-order valence-corrected chi connectivity index (χ1v) is 44.5. The van der Waals surface area contributed by atoms with Gasteiger partial charge in [0, 0.05) is 7.11 Å². The van der Waals surface area contributed by atoms with Crippen LogP contribution in [-0.4, -0.2) is 33.0 Å². The molecule has 114 heavy (non-hydrogen) atoms. The normalized spacial score (nSPS) is 11.6. The first-order chi connectivity index (χ1) is 56.2. The molecule has 572 valence electrons. The zero-order valence-electron chi connectivity index (χ0n) is 64.1. The smallest absolute Gasteiger partial charge is 0.166 e. The molecule has 15 aromatic rings. The fourth-order valence-corrected chi connectivity index (χ4v) is 22.9. The Hall–Kier alpha value is -10.8. The standard InChI is InChI=1S/C23H23OS.C22H23OS.C21H21O2S.C18H13F2S.C18H14FS/c1-3-11-21(12-4-1)25(22-13-5-2-6-14-22)23-17-15-20(16-18-23)24-19-9-7-8-10-19;1-2-3-18-23-19-14-16-22(17-15-19)24(20-10-6-4-7-11-20)21-12-8-5-9-13-21;1-22-16-17-23-18-12-14-21(15-13-18)24(19-8-4-2-5-9-19)20-10-6-3-7-11-20;19-14-6-10-17(11-7-14)21(16-4-2-1-3-5-16)18-12-8-15(20)9-13-18;19-15-11-13-18(14-12-15)20(16-7-3-1-4-8-16)17-9-5-2-6-10-17/h1-6,11-19H,7-10H2;4-17H,2-3,18H2,1H3;2-15H,16-17H2,1H3;1-13H;1-14H/q5*+1. The molecule has 0 radical (unpaired) electrons. The number of benzene rings is 15. The third-order valence-corrected chi connectivity index (χ3v) is 29.2. The first-order valence-electron chi connectivity index (χ1n) is 38.4. The van der Waals surface area contributed by atoms with Crippen molar-refractivity contribution in [3.05, 3.63) is 436 Å². The Labute approximate surface area is 686 Å². The van der Waals surface area contributed by atoms with Crippen molar-refractivity contribution >= 4 is 54.5 Å². The highest BCUT2D eigenvalue weighted by Gasteiger charge is 2.33. The van der Waals surface area contributed by atoms with Crippen LogP contribution in [0, 0.1) is 17.5 Å². The second-order valence-corrected chi connectivity index (χ2v) is 36.3. The van der Waals surface area contributed by atoms with E-state index in [-0.39, 0.29) is 71.9 Å². The maximum absolute atomic E-state index is 13.2. The fourth-order valence-electron chi connectivity index (χ4n) is 12.5. The predicted octanol–water partition coefficient (Wildman–Crippen LogP) is 26.9. The number of hydrogen-bond donors (Lipinski definition) is 0. The predicted molar refractivity (Wildman–Crippen MR) is 468 cm³/mol. The number of hydrogen-bond acceptors (Lipinski definition) is 4. The maximum atomic E-state index is 13.2. The molecule has 12 heteroatoms. The third-order valence-electron chi connectivity index (χ3n) is 18.1. The highest BCUT2D eigenvalue weighted by Crippen LogP contribution is 2.38. The topological polar surface area (TPSA) is 36.9 Å². The molecule has 0 aromatic heterocycles. The van der Waals surface area contributed by atoms with Crippen LogP contribution in [0.4, 0.5) is 13.2 Å². The summed E-state index contributed by atoms with van der Waals surface area (Å²) in [6, 6.07) is 140. The van der Waals surface area contributed by atoms with Gasteiger partial charge in [0.1, 0.15) is 41.3 Å². The minimum atomic E-state index is -0.365. The monoisotopic (exact) mass is 1600 g/mol. The van der Waals surface area contributed by atoms with Gasteiger partial charge in [0.05, 0.1) is 73.8 Å². The Morgan fingerprint density at radius 1 is 0.237 bits per heavy atom. The summed E-state index contributed by atoms with van der Waals surface area (Å²) in [5, 5.41) is 0. The van der Waals surface area contributed by atoms with Gasteiger partial charge in [-0.25, -0.2) is 13.2 Å². The van der Waals surface area contributed by atoms with Crippen LogP contribution in [0.15, 0.2) is 492 Å². The van der Waals surface area contributed by atoms with E-state index < -0.39 is 0 Å². The summed E-state index contributed by atoms with van der Waals surface area (Å²) in [6.45, 7) is 4.13. The van der Waals surface area contributed by atoms with E-state index in [1.54, 1.807) is 31.4 Å².